The first-order valence-electron chi connectivity index (χ1n) is 5.75. The summed E-state index contributed by atoms with van der Waals surface area (Å²) >= 11 is 0. The fourth-order valence-corrected chi connectivity index (χ4v) is 1.33. The highest BCUT2D eigenvalue weighted by molar-refractivity contribution is 5.02. The molecule has 0 saturated heterocycles. The molecule has 0 bridgehead atoms. The topological polar surface area (TPSA) is 39.1 Å². The van der Waals surface area contributed by atoms with Crippen molar-refractivity contribution < 1.29 is 0 Å². The third kappa shape index (κ3) is 5.76. The Morgan fingerprint density at radius 2 is 2.00 bits per heavy atom. The molecule has 0 aromatic heterocycles. The average molecular weight is 211 g/mol. The maximum Gasteiger partial charge on any atom is 0.103 e. The largest absolute Gasteiger partial charge is 0.304 e. The van der Waals surface area contributed by atoms with Crippen molar-refractivity contribution in [2.75, 3.05) is 20.6 Å². The zero-order chi connectivity index (χ0) is 11.9. The normalized spacial score (nSPS) is 15.3. The van der Waals surface area contributed by atoms with Gasteiger partial charge in [-0.05, 0) is 60.7 Å². The summed E-state index contributed by atoms with van der Waals surface area (Å²) in [6.07, 6.45) is 3.18. The van der Waals surface area contributed by atoms with Crippen LogP contribution in [-0.2, 0) is 0 Å². The molecule has 0 aliphatic heterocycles. The first kappa shape index (κ1) is 14.4. The molecular weight excluding hydrogens is 186 g/mol. The van der Waals surface area contributed by atoms with E-state index < -0.39 is 0 Å². The minimum atomic E-state index is -0.351. The van der Waals surface area contributed by atoms with Crippen molar-refractivity contribution in [3.63, 3.8) is 0 Å². The van der Waals surface area contributed by atoms with Crippen molar-refractivity contribution in [1.82, 2.24) is 10.2 Å². The van der Waals surface area contributed by atoms with Crippen molar-refractivity contribution >= 4 is 0 Å². The zero-order valence-corrected chi connectivity index (χ0v) is 10.8. The van der Waals surface area contributed by atoms with E-state index in [9.17, 15) is 0 Å². The molecular formula is C12H25N3. The molecule has 1 N–H and O–H groups in total. The molecule has 88 valence electrons. The van der Waals surface area contributed by atoms with E-state index in [0.717, 1.165) is 25.8 Å². The van der Waals surface area contributed by atoms with Gasteiger partial charge in [-0.15, -0.1) is 0 Å². The van der Waals surface area contributed by atoms with Gasteiger partial charge in [0.15, 0.2) is 0 Å². The fourth-order valence-electron chi connectivity index (χ4n) is 1.33. The Morgan fingerprint density at radius 3 is 2.40 bits per heavy atom. The summed E-state index contributed by atoms with van der Waals surface area (Å²) in [4.78, 5) is 2.34. The van der Waals surface area contributed by atoms with Crippen LogP contribution in [-0.4, -0.2) is 37.1 Å². The second kappa shape index (κ2) is 6.81. The molecule has 0 heterocycles. The van der Waals surface area contributed by atoms with E-state index >= 15 is 0 Å². The average Bonchev–Trinajstić information content (AvgIpc) is 2.23. The molecule has 0 fully saturated rings. The predicted octanol–water partition coefficient (Wildman–Crippen LogP) is 2.00. The number of rotatable bonds is 7. The SMILES string of the molecule is CNC(C)(C#N)CCCCN(C)C(C)C. The van der Waals surface area contributed by atoms with Gasteiger partial charge in [0, 0.05) is 6.04 Å². The van der Waals surface area contributed by atoms with Crippen molar-refractivity contribution in [1.29, 1.82) is 5.26 Å². The van der Waals surface area contributed by atoms with Crippen LogP contribution in [0, 0.1) is 11.3 Å². The van der Waals surface area contributed by atoms with Gasteiger partial charge in [-0.2, -0.15) is 5.26 Å². The summed E-state index contributed by atoms with van der Waals surface area (Å²) in [5, 5.41) is 12.0. The molecule has 1 atom stereocenters. The third-order valence-corrected chi connectivity index (χ3v) is 3.12. The summed E-state index contributed by atoms with van der Waals surface area (Å²) in [5.74, 6) is 0. The Kier molecular flexibility index (Phi) is 6.55. The van der Waals surface area contributed by atoms with E-state index in [0.29, 0.717) is 6.04 Å². The lowest BCUT2D eigenvalue weighted by Gasteiger charge is -2.23. The lowest BCUT2D eigenvalue weighted by molar-refractivity contribution is 0.264. The standard InChI is InChI=1S/C12H25N3/c1-11(2)15(5)9-7-6-8-12(3,10-13)14-4/h11,14H,6-9H2,1-5H3. The van der Waals surface area contributed by atoms with Crippen LogP contribution in [0.15, 0.2) is 0 Å². The van der Waals surface area contributed by atoms with E-state index in [2.05, 4.69) is 37.2 Å². The lowest BCUT2D eigenvalue weighted by Crippen LogP contribution is -2.38. The van der Waals surface area contributed by atoms with Gasteiger partial charge in [0.1, 0.15) is 5.54 Å². The molecule has 0 rings (SSSR count). The second-order valence-corrected chi connectivity index (χ2v) is 4.73. The number of nitriles is 1. The minimum absolute atomic E-state index is 0.351. The highest BCUT2D eigenvalue weighted by Gasteiger charge is 2.19. The van der Waals surface area contributed by atoms with Crippen LogP contribution in [0.5, 0.6) is 0 Å². The Bertz CT molecular complexity index is 207. The molecule has 0 amide bonds. The van der Waals surface area contributed by atoms with Crippen LogP contribution in [0.2, 0.25) is 0 Å². The maximum atomic E-state index is 8.96. The third-order valence-electron chi connectivity index (χ3n) is 3.12. The number of hydrogen-bond donors (Lipinski definition) is 1. The lowest BCUT2D eigenvalue weighted by atomic mass is 9.97. The first-order chi connectivity index (χ1) is 6.95. The Morgan fingerprint density at radius 1 is 1.40 bits per heavy atom. The van der Waals surface area contributed by atoms with E-state index in [1.165, 1.54) is 0 Å². The van der Waals surface area contributed by atoms with Crippen LogP contribution in [0.25, 0.3) is 0 Å². The predicted molar refractivity (Wildman–Crippen MR) is 64.7 cm³/mol. The van der Waals surface area contributed by atoms with E-state index in [4.69, 9.17) is 5.26 Å². The summed E-state index contributed by atoms with van der Waals surface area (Å²) in [6, 6.07) is 2.92. The molecule has 0 aliphatic rings. The monoisotopic (exact) mass is 211 g/mol. The van der Waals surface area contributed by atoms with Crippen molar-refractivity contribution in [2.24, 2.45) is 0 Å². The van der Waals surface area contributed by atoms with Crippen molar-refractivity contribution in [3.05, 3.63) is 0 Å². The summed E-state index contributed by atoms with van der Waals surface area (Å²) < 4.78 is 0. The van der Waals surface area contributed by atoms with Crippen LogP contribution in [0.1, 0.15) is 40.0 Å². The summed E-state index contributed by atoms with van der Waals surface area (Å²) in [5.41, 5.74) is -0.351. The molecule has 15 heavy (non-hydrogen) atoms. The number of hydrogen-bond acceptors (Lipinski definition) is 3. The van der Waals surface area contributed by atoms with Gasteiger partial charge >= 0.3 is 0 Å². The van der Waals surface area contributed by atoms with Gasteiger partial charge in [-0.1, -0.05) is 0 Å². The van der Waals surface area contributed by atoms with E-state index in [-0.39, 0.29) is 5.54 Å². The maximum absolute atomic E-state index is 8.96. The quantitative estimate of drug-likeness (QED) is 0.655. The van der Waals surface area contributed by atoms with Gasteiger partial charge < -0.3 is 10.2 Å². The van der Waals surface area contributed by atoms with Crippen molar-refractivity contribution in [3.8, 4) is 6.07 Å². The molecule has 0 aliphatic carbocycles. The van der Waals surface area contributed by atoms with Crippen LogP contribution < -0.4 is 5.32 Å². The minimum Gasteiger partial charge on any atom is -0.304 e. The summed E-state index contributed by atoms with van der Waals surface area (Å²) in [7, 11) is 4.00. The molecule has 1 unspecified atom stereocenters. The molecule has 3 nitrogen and oxygen atoms in total. The highest BCUT2D eigenvalue weighted by atomic mass is 15.1. The van der Waals surface area contributed by atoms with Gasteiger partial charge in [-0.25, -0.2) is 0 Å². The van der Waals surface area contributed by atoms with E-state index in [1.807, 2.05) is 14.0 Å². The smallest absolute Gasteiger partial charge is 0.103 e. The Hall–Kier alpha value is -0.590. The van der Waals surface area contributed by atoms with Gasteiger partial charge in [0.25, 0.3) is 0 Å². The molecule has 0 radical (unpaired) electrons. The van der Waals surface area contributed by atoms with Crippen LogP contribution in [0.3, 0.4) is 0 Å². The molecule has 3 heteroatoms. The van der Waals surface area contributed by atoms with Crippen molar-refractivity contribution in [2.45, 2.75) is 51.6 Å². The number of nitrogens with one attached hydrogen (secondary N) is 1. The molecule has 0 aromatic rings. The molecule has 0 aromatic carbocycles. The van der Waals surface area contributed by atoms with Gasteiger partial charge in [-0.3, -0.25) is 0 Å². The Labute approximate surface area is 94.5 Å². The van der Waals surface area contributed by atoms with Gasteiger partial charge in [0.2, 0.25) is 0 Å². The zero-order valence-electron chi connectivity index (χ0n) is 10.8. The molecule has 0 spiro atoms. The fraction of sp³-hybridized carbons (Fsp3) is 0.917. The summed E-state index contributed by atoms with van der Waals surface area (Å²) in [6.45, 7) is 7.47. The Balaban J connectivity index is 3.68. The second-order valence-electron chi connectivity index (χ2n) is 4.73. The van der Waals surface area contributed by atoms with Gasteiger partial charge in [0.05, 0.1) is 6.07 Å². The van der Waals surface area contributed by atoms with Crippen LogP contribution in [0.4, 0.5) is 0 Å². The van der Waals surface area contributed by atoms with Crippen LogP contribution >= 0.6 is 0 Å². The number of unbranched alkanes of at least 4 members (excludes halogenated alkanes) is 1. The van der Waals surface area contributed by atoms with E-state index in [1.54, 1.807) is 0 Å². The number of nitrogens with zero attached hydrogens (tertiary/aromatic N) is 2. The first-order valence-corrected chi connectivity index (χ1v) is 5.75. The molecule has 0 saturated carbocycles. The highest BCUT2D eigenvalue weighted by Crippen LogP contribution is 2.12.